The lowest BCUT2D eigenvalue weighted by molar-refractivity contribution is -0.132. The van der Waals surface area contributed by atoms with Crippen LogP contribution in [0.4, 0.5) is 4.79 Å². The highest BCUT2D eigenvalue weighted by Gasteiger charge is 2.25. The van der Waals surface area contributed by atoms with E-state index in [1.165, 1.54) is 11.8 Å². The zero-order chi connectivity index (χ0) is 22.0. The van der Waals surface area contributed by atoms with Crippen LogP contribution in [0.15, 0.2) is 0 Å². The molecule has 0 atom stereocenters. The van der Waals surface area contributed by atoms with Gasteiger partial charge in [-0.25, -0.2) is 4.79 Å². The van der Waals surface area contributed by atoms with E-state index in [0.29, 0.717) is 57.4 Å². The molecule has 0 aromatic carbocycles. The topological polar surface area (TPSA) is 91.4 Å². The highest BCUT2D eigenvalue weighted by molar-refractivity contribution is 8.00. The molecule has 2 heterocycles. The summed E-state index contributed by atoms with van der Waals surface area (Å²) < 4.78 is 10.6. The Balaban J connectivity index is 1.49. The third-order valence-electron chi connectivity index (χ3n) is 4.82. The van der Waals surface area contributed by atoms with Crippen molar-refractivity contribution in [1.29, 1.82) is 0 Å². The number of nitrogens with one attached hydrogen (secondary N) is 1. The van der Waals surface area contributed by atoms with Gasteiger partial charge in [-0.15, -0.1) is 11.8 Å². The molecule has 0 bridgehead atoms. The fourth-order valence-corrected chi connectivity index (χ4v) is 3.94. The van der Waals surface area contributed by atoms with Crippen molar-refractivity contribution < 1.29 is 23.9 Å². The van der Waals surface area contributed by atoms with Gasteiger partial charge in [0.2, 0.25) is 11.8 Å². The van der Waals surface area contributed by atoms with Crippen molar-refractivity contribution in [2.24, 2.45) is 0 Å². The van der Waals surface area contributed by atoms with Crippen LogP contribution in [0, 0.1) is 0 Å². The molecule has 30 heavy (non-hydrogen) atoms. The van der Waals surface area contributed by atoms with Gasteiger partial charge in [0.15, 0.2) is 0 Å². The van der Waals surface area contributed by atoms with Crippen molar-refractivity contribution in [2.75, 3.05) is 77.1 Å². The first-order valence-corrected chi connectivity index (χ1v) is 11.8. The number of hydrogen-bond acceptors (Lipinski definition) is 7. The third kappa shape index (κ3) is 9.53. The van der Waals surface area contributed by atoms with E-state index >= 15 is 0 Å². The number of carbonyl (C=O) groups excluding carboxylic acids is 3. The minimum atomic E-state index is -0.472. The van der Waals surface area contributed by atoms with Crippen molar-refractivity contribution in [3.05, 3.63) is 0 Å². The van der Waals surface area contributed by atoms with E-state index in [2.05, 4.69) is 10.2 Å². The molecule has 2 rings (SSSR count). The van der Waals surface area contributed by atoms with Crippen molar-refractivity contribution in [3.8, 4) is 0 Å². The van der Waals surface area contributed by atoms with E-state index in [4.69, 9.17) is 9.47 Å². The number of ether oxygens (including phenoxy) is 2. The molecular weight excluding hydrogens is 408 g/mol. The first-order chi connectivity index (χ1) is 14.2. The molecule has 172 valence electrons. The van der Waals surface area contributed by atoms with Gasteiger partial charge in [-0.1, -0.05) is 0 Å². The Morgan fingerprint density at radius 2 is 1.63 bits per heavy atom. The molecule has 2 aliphatic rings. The molecule has 0 aromatic rings. The fourth-order valence-electron chi connectivity index (χ4n) is 3.20. The minimum absolute atomic E-state index is 0.0375. The number of amides is 3. The first kappa shape index (κ1) is 24.7. The van der Waals surface area contributed by atoms with E-state index in [1.807, 2.05) is 20.8 Å². The van der Waals surface area contributed by atoms with Gasteiger partial charge in [-0.2, -0.15) is 0 Å². The summed E-state index contributed by atoms with van der Waals surface area (Å²) in [5, 5.41) is 2.91. The second kappa shape index (κ2) is 12.4. The highest BCUT2D eigenvalue weighted by Crippen LogP contribution is 2.12. The van der Waals surface area contributed by atoms with Crippen molar-refractivity contribution in [3.63, 3.8) is 0 Å². The van der Waals surface area contributed by atoms with Gasteiger partial charge < -0.3 is 24.6 Å². The van der Waals surface area contributed by atoms with Crippen LogP contribution in [0.5, 0.6) is 0 Å². The smallest absolute Gasteiger partial charge is 0.410 e. The molecule has 3 amide bonds. The van der Waals surface area contributed by atoms with E-state index < -0.39 is 5.60 Å². The number of carbonyl (C=O) groups is 3. The van der Waals surface area contributed by atoms with Crippen LogP contribution in [0.25, 0.3) is 0 Å². The predicted molar refractivity (Wildman–Crippen MR) is 117 cm³/mol. The van der Waals surface area contributed by atoms with Gasteiger partial charge in [0.05, 0.1) is 24.7 Å². The monoisotopic (exact) mass is 444 g/mol. The molecule has 0 unspecified atom stereocenters. The number of piperazine rings is 1. The Kier molecular flexibility index (Phi) is 10.2. The van der Waals surface area contributed by atoms with Crippen molar-refractivity contribution in [1.82, 2.24) is 20.0 Å². The zero-order valence-corrected chi connectivity index (χ0v) is 19.3. The number of rotatable bonds is 8. The molecule has 10 heteroatoms. The molecule has 2 saturated heterocycles. The average molecular weight is 445 g/mol. The van der Waals surface area contributed by atoms with Crippen LogP contribution in [0.2, 0.25) is 0 Å². The Bertz CT molecular complexity index is 570. The maximum absolute atomic E-state index is 12.1. The molecule has 1 N–H and O–H groups in total. The number of nitrogens with zero attached hydrogens (tertiary/aromatic N) is 3. The maximum atomic E-state index is 12.1. The first-order valence-electron chi connectivity index (χ1n) is 10.6. The summed E-state index contributed by atoms with van der Waals surface area (Å²) in [6, 6.07) is 0. The van der Waals surface area contributed by atoms with Crippen molar-refractivity contribution in [2.45, 2.75) is 32.8 Å². The molecule has 0 aliphatic carbocycles. The van der Waals surface area contributed by atoms with Gasteiger partial charge >= 0.3 is 6.09 Å². The van der Waals surface area contributed by atoms with Crippen LogP contribution in [0.1, 0.15) is 27.2 Å². The largest absolute Gasteiger partial charge is 0.444 e. The Morgan fingerprint density at radius 3 is 2.27 bits per heavy atom. The Morgan fingerprint density at radius 1 is 0.967 bits per heavy atom. The van der Waals surface area contributed by atoms with Gasteiger partial charge in [0.1, 0.15) is 5.60 Å². The lowest BCUT2D eigenvalue weighted by atomic mass is 10.2. The average Bonchev–Trinajstić information content (AvgIpc) is 2.71. The summed E-state index contributed by atoms with van der Waals surface area (Å²) in [5.41, 5.74) is -0.472. The van der Waals surface area contributed by atoms with E-state index in [1.54, 1.807) is 9.80 Å². The minimum Gasteiger partial charge on any atom is -0.444 e. The van der Waals surface area contributed by atoms with Gasteiger partial charge in [-0.3, -0.25) is 14.5 Å². The lowest BCUT2D eigenvalue weighted by Gasteiger charge is -2.35. The van der Waals surface area contributed by atoms with Crippen LogP contribution >= 0.6 is 11.8 Å². The van der Waals surface area contributed by atoms with Gasteiger partial charge in [-0.05, 0) is 33.7 Å². The number of morpholine rings is 1. The van der Waals surface area contributed by atoms with Gasteiger partial charge in [0.25, 0.3) is 0 Å². The quantitative estimate of drug-likeness (QED) is 0.549. The summed E-state index contributed by atoms with van der Waals surface area (Å²) in [6.07, 6.45) is 0.606. The number of hydrogen-bond donors (Lipinski definition) is 1. The normalized spacial score (nSPS) is 18.2. The zero-order valence-electron chi connectivity index (χ0n) is 18.5. The number of thioether (sulfide) groups is 1. The summed E-state index contributed by atoms with van der Waals surface area (Å²) >= 11 is 1.35. The molecule has 0 saturated carbocycles. The van der Waals surface area contributed by atoms with Crippen LogP contribution in [-0.2, 0) is 19.1 Å². The second-order valence-corrected chi connectivity index (χ2v) is 9.48. The van der Waals surface area contributed by atoms with Crippen LogP contribution in [0.3, 0.4) is 0 Å². The van der Waals surface area contributed by atoms with E-state index in [0.717, 1.165) is 26.1 Å². The van der Waals surface area contributed by atoms with Crippen molar-refractivity contribution >= 4 is 29.7 Å². The molecular formula is C20H36N4O5S. The third-order valence-corrected chi connectivity index (χ3v) is 5.74. The molecule has 2 fully saturated rings. The fraction of sp³-hybridized carbons (Fsp3) is 0.850. The van der Waals surface area contributed by atoms with E-state index in [-0.39, 0.29) is 17.9 Å². The Labute approximate surface area is 183 Å². The summed E-state index contributed by atoms with van der Waals surface area (Å²) in [7, 11) is 0. The summed E-state index contributed by atoms with van der Waals surface area (Å²) in [4.78, 5) is 41.9. The standard InChI is InChI=1S/C20H36N4O5S/c1-20(2,3)29-19(27)24-9-7-22(8-10-24)6-4-5-21-17(25)15-30-16-18(26)23-11-13-28-14-12-23/h4-16H2,1-3H3,(H,21,25). The molecule has 2 aliphatic heterocycles. The predicted octanol–water partition coefficient (Wildman–Crippen LogP) is 0.637. The maximum Gasteiger partial charge on any atom is 0.410 e. The molecule has 0 spiro atoms. The molecule has 0 radical (unpaired) electrons. The van der Waals surface area contributed by atoms with E-state index in [9.17, 15) is 14.4 Å². The van der Waals surface area contributed by atoms with Crippen LogP contribution < -0.4 is 5.32 Å². The molecule has 0 aromatic heterocycles. The summed E-state index contributed by atoms with van der Waals surface area (Å²) in [6.45, 7) is 12.5. The SMILES string of the molecule is CC(C)(C)OC(=O)N1CCN(CCCNC(=O)CSCC(=O)N2CCOCC2)CC1. The van der Waals surface area contributed by atoms with Crippen LogP contribution in [-0.4, -0.2) is 115 Å². The summed E-state index contributed by atoms with van der Waals surface area (Å²) in [5.74, 6) is 0.658. The van der Waals surface area contributed by atoms with Gasteiger partial charge in [0, 0.05) is 45.8 Å². The molecule has 9 nitrogen and oxygen atoms in total. The Hall–Kier alpha value is -1.52. The highest BCUT2D eigenvalue weighted by atomic mass is 32.2. The second-order valence-electron chi connectivity index (χ2n) is 8.50. The lowest BCUT2D eigenvalue weighted by Crippen LogP contribution is -2.50.